The van der Waals surface area contributed by atoms with Gasteiger partial charge in [0.25, 0.3) is 0 Å². The summed E-state index contributed by atoms with van der Waals surface area (Å²) in [5, 5.41) is 16.7. The third-order valence-corrected chi connectivity index (χ3v) is 4.98. The zero-order chi connectivity index (χ0) is 22.0. The Kier molecular flexibility index (Phi) is 5.38. The molecule has 0 saturated carbocycles. The fraction of sp³-hybridized carbons (Fsp3) is 0.200. The van der Waals surface area contributed by atoms with Crippen molar-refractivity contribution in [3.05, 3.63) is 78.7 Å². The highest BCUT2D eigenvalue weighted by Crippen LogP contribution is 2.30. The fourth-order valence-corrected chi connectivity index (χ4v) is 3.14. The summed E-state index contributed by atoms with van der Waals surface area (Å²) in [6.45, 7) is 12.2. The molecule has 0 aliphatic heterocycles. The van der Waals surface area contributed by atoms with Crippen molar-refractivity contribution in [1.82, 2.24) is 20.4 Å². The summed E-state index contributed by atoms with van der Waals surface area (Å²) in [4.78, 5) is 0. The molecular formula is C25H24N4O2. The zero-order valence-electron chi connectivity index (χ0n) is 18.1. The number of rotatable bonds is 5. The standard InChI is InChI=1S/C25H24N4O2/c1-6-16(7-2)21-26-28-23(30-21)18-9-8-10-19(15-18)24-29-27-22(31-24)17-11-13-20(14-12-17)25(3,4)5/h6-15H,1H2,2-5H3/b16-7+. The second-order valence-corrected chi connectivity index (χ2v) is 8.18. The molecule has 31 heavy (non-hydrogen) atoms. The van der Waals surface area contributed by atoms with Gasteiger partial charge in [0.2, 0.25) is 23.6 Å². The van der Waals surface area contributed by atoms with Crippen LogP contribution in [-0.4, -0.2) is 20.4 Å². The van der Waals surface area contributed by atoms with Crippen LogP contribution in [0.25, 0.3) is 39.9 Å². The molecule has 4 aromatic rings. The molecule has 0 saturated heterocycles. The molecule has 0 atom stereocenters. The average molecular weight is 412 g/mol. The predicted octanol–water partition coefficient (Wildman–Crippen LogP) is 6.34. The van der Waals surface area contributed by atoms with Gasteiger partial charge in [0.1, 0.15) is 0 Å². The van der Waals surface area contributed by atoms with Gasteiger partial charge in [-0.2, -0.15) is 0 Å². The molecule has 6 heteroatoms. The van der Waals surface area contributed by atoms with Crippen molar-refractivity contribution in [2.24, 2.45) is 0 Å². The van der Waals surface area contributed by atoms with Gasteiger partial charge in [-0.3, -0.25) is 0 Å². The number of benzene rings is 2. The smallest absolute Gasteiger partial charge is 0.248 e. The highest BCUT2D eigenvalue weighted by Gasteiger charge is 2.16. The molecular weight excluding hydrogens is 388 g/mol. The lowest BCUT2D eigenvalue weighted by atomic mass is 9.87. The highest BCUT2D eigenvalue weighted by atomic mass is 16.4. The number of hydrogen-bond donors (Lipinski definition) is 0. The van der Waals surface area contributed by atoms with Gasteiger partial charge in [-0.25, -0.2) is 0 Å². The Hall–Kier alpha value is -3.80. The lowest BCUT2D eigenvalue weighted by Crippen LogP contribution is -2.10. The predicted molar refractivity (Wildman–Crippen MR) is 121 cm³/mol. The van der Waals surface area contributed by atoms with Crippen molar-refractivity contribution in [2.75, 3.05) is 0 Å². The van der Waals surface area contributed by atoms with Crippen molar-refractivity contribution in [2.45, 2.75) is 33.1 Å². The molecule has 156 valence electrons. The van der Waals surface area contributed by atoms with Crippen molar-refractivity contribution in [3.8, 4) is 34.4 Å². The van der Waals surface area contributed by atoms with E-state index in [0.29, 0.717) is 23.6 Å². The Morgan fingerprint density at radius 1 is 0.806 bits per heavy atom. The number of nitrogens with zero attached hydrogens (tertiary/aromatic N) is 4. The summed E-state index contributed by atoms with van der Waals surface area (Å²) in [6.07, 6.45) is 3.55. The van der Waals surface area contributed by atoms with E-state index in [2.05, 4.69) is 59.9 Å². The molecule has 6 nitrogen and oxygen atoms in total. The summed E-state index contributed by atoms with van der Waals surface area (Å²) in [6, 6.07) is 15.8. The Balaban J connectivity index is 1.61. The van der Waals surface area contributed by atoms with Gasteiger partial charge >= 0.3 is 0 Å². The van der Waals surface area contributed by atoms with Crippen molar-refractivity contribution < 1.29 is 8.83 Å². The van der Waals surface area contributed by atoms with Crippen LogP contribution in [0.2, 0.25) is 0 Å². The SMILES string of the molecule is C=C/C(=C\C)c1nnc(-c2cccc(-c3nnc(-c4ccc(C(C)(C)C)cc4)o3)c2)o1. The minimum Gasteiger partial charge on any atom is -0.416 e. The van der Waals surface area contributed by atoms with Crippen LogP contribution in [0.5, 0.6) is 0 Å². The van der Waals surface area contributed by atoms with Crippen LogP contribution in [0.4, 0.5) is 0 Å². The van der Waals surface area contributed by atoms with Gasteiger partial charge in [-0.05, 0) is 48.2 Å². The fourth-order valence-electron chi connectivity index (χ4n) is 3.14. The largest absolute Gasteiger partial charge is 0.416 e. The van der Waals surface area contributed by atoms with Gasteiger partial charge < -0.3 is 8.83 Å². The number of aromatic nitrogens is 4. The normalized spacial score (nSPS) is 12.2. The van der Waals surface area contributed by atoms with Crippen LogP contribution in [0.3, 0.4) is 0 Å². The molecule has 0 amide bonds. The van der Waals surface area contributed by atoms with E-state index in [-0.39, 0.29) is 5.41 Å². The lowest BCUT2D eigenvalue weighted by Gasteiger charge is -2.18. The minimum atomic E-state index is 0.0902. The molecule has 0 N–H and O–H groups in total. The number of allylic oxidation sites excluding steroid dienone is 3. The zero-order valence-corrected chi connectivity index (χ0v) is 18.1. The van der Waals surface area contributed by atoms with Gasteiger partial charge in [0, 0.05) is 22.3 Å². The highest BCUT2D eigenvalue weighted by molar-refractivity contribution is 5.69. The van der Waals surface area contributed by atoms with Crippen LogP contribution >= 0.6 is 0 Å². The third-order valence-electron chi connectivity index (χ3n) is 4.98. The first-order chi connectivity index (χ1) is 14.9. The monoisotopic (exact) mass is 412 g/mol. The van der Waals surface area contributed by atoms with Crippen molar-refractivity contribution in [1.29, 1.82) is 0 Å². The Labute approximate surface area is 181 Å². The molecule has 0 bridgehead atoms. The second kappa shape index (κ2) is 8.14. The summed E-state index contributed by atoms with van der Waals surface area (Å²) < 4.78 is 11.7. The summed E-state index contributed by atoms with van der Waals surface area (Å²) in [7, 11) is 0. The van der Waals surface area contributed by atoms with Crippen LogP contribution in [0.15, 0.2) is 76.1 Å². The van der Waals surface area contributed by atoms with Crippen LogP contribution in [-0.2, 0) is 5.41 Å². The topological polar surface area (TPSA) is 77.8 Å². The van der Waals surface area contributed by atoms with Gasteiger partial charge in [-0.15, -0.1) is 20.4 Å². The third kappa shape index (κ3) is 4.23. The molecule has 0 fully saturated rings. The Bertz CT molecular complexity index is 1240. The molecule has 4 rings (SSSR count). The Morgan fingerprint density at radius 3 is 1.97 bits per heavy atom. The van der Waals surface area contributed by atoms with Crippen LogP contribution in [0, 0.1) is 0 Å². The molecule has 0 aliphatic carbocycles. The molecule has 0 spiro atoms. The first-order valence-electron chi connectivity index (χ1n) is 10.1. The first kappa shape index (κ1) is 20.5. The van der Waals surface area contributed by atoms with Gasteiger partial charge in [0.15, 0.2) is 0 Å². The maximum absolute atomic E-state index is 5.94. The van der Waals surface area contributed by atoms with E-state index in [1.807, 2.05) is 49.4 Å². The lowest BCUT2D eigenvalue weighted by molar-refractivity contribution is 0.554. The summed E-state index contributed by atoms with van der Waals surface area (Å²) in [5.41, 5.74) is 4.55. The maximum Gasteiger partial charge on any atom is 0.248 e. The summed E-state index contributed by atoms with van der Waals surface area (Å²) in [5.74, 6) is 1.74. The second-order valence-electron chi connectivity index (χ2n) is 8.18. The van der Waals surface area contributed by atoms with E-state index in [9.17, 15) is 0 Å². The average Bonchev–Trinajstić information content (AvgIpc) is 3.45. The summed E-state index contributed by atoms with van der Waals surface area (Å²) >= 11 is 0. The van der Waals surface area contributed by atoms with Crippen molar-refractivity contribution in [3.63, 3.8) is 0 Å². The molecule has 0 aliphatic rings. The van der Waals surface area contributed by atoms with E-state index >= 15 is 0 Å². The van der Waals surface area contributed by atoms with E-state index in [0.717, 1.165) is 22.3 Å². The van der Waals surface area contributed by atoms with E-state index < -0.39 is 0 Å². The van der Waals surface area contributed by atoms with Gasteiger partial charge in [0.05, 0.1) is 0 Å². The van der Waals surface area contributed by atoms with Crippen molar-refractivity contribution >= 4 is 5.57 Å². The minimum absolute atomic E-state index is 0.0902. The first-order valence-corrected chi connectivity index (χ1v) is 10.1. The van der Waals surface area contributed by atoms with E-state index in [4.69, 9.17) is 8.83 Å². The number of hydrogen-bond acceptors (Lipinski definition) is 6. The quantitative estimate of drug-likeness (QED) is 0.356. The maximum atomic E-state index is 5.94. The van der Waals surface area contributed by atoms with E-state index in [1.165, 1.54) is 5.56 Å². The molecule has 0 unspecified atom stereocenters. The van der Waals surface area contributed by atoms with Crippen LogP contribution < -0.4 is 0 Å². The Morgan fingerprint density at radius 2 is 1.39 bits per heavy atom. The molecule has 2 aromatic carbocycles. The van der Waals surface area contributed by atoms with E-state index in [1.54, 1.807) is 6.08 Å². The molecule has 2 aromatic heterocycles. The molecule has 2 heterocycles. The van der Waals surface area contributed by atoms with Gasteiger partial charge in [-0.1, -0.05) is 57.7 Å². The molecule has 0 radical (unpaired) electrons. The van der Waals surface area contributed by atoms with Crippen LogP contribution in [0.1, 0.15) is 39.1 Å².